The van der Waals surface area contributed by atoms with Crippen molar-refractivity contribution in [2.24, 2.45) is 4.99 Å². The maximum absolute atomic E-state index is 12.0. The van der Waals surface area contributed by atoms with Crippen LogP contribution in [0.15, 0.2) is 23.2 Å². The van der Waals surface area contributed by atoms with Gasteiger partial charge in [0.25, 0.3) is 0 Å². The average Bonchev–Trinajstić information content (AvgIpc) is 2.73. The van der Waals surface area contributed by atoms with E-state index >= 15 is 0 Å². The molecule has 0 amide bonds. The molecule has 0 fully saturated rings. The van der Waals surface area contributed by atoms with Gasteiger partial charge in [-0.05, 0) is 30.7 Å². The van der Waals surface area contributed by atoms with E-state index in [1.807, 2.05) is 0 Å². The first-order chi connectivity index (χ1) is 7.66. The molecule has 1 aromatic carbocycles. The molecule has 5 heteroatoms. The molecule has 1 heterocycles. The van der Waals surface area contributed by atoms with Crippen LogP contribution in [0.4, 0.5) is 8.78 Å². The highest BCUT2D eigenvalue weighted by molar-refractivity contribution is 5.95. The fourth-order valence-corrected chi connectivity index (χ4v) is 1.52. The van der Waals surface area contributed by atoms with Crippen LogP contribution in [0, 0.1) is 6.92 Å². The summed E-state index contributed by atoms with van der Waals surface area (Å²) >= 11 is 0. The van der Waals surface area contributed by atoms with Crippen molar-refractivity contribution in [3.05, 3.63) is 29.3 Å². The molecule has 0 bridgehead atoms. The Bertz CT molecular complexity index is 418. The summed E-state index contributed by atoms with van der Waals surface area (Å²) in [6, 6.07) is 4.89. The average molecular weight is 227 g/mol. The van der Waals surface area contributed by atoms with Gasteiger partial charge >= 0.3 is 6.61 Å². The summed E-state index contributed by atoms with van der Waals surface area (Å²) in [5.74, 6) is 0.740. The minimum atomic E-state index is -2.80. The topological polar surface area (TPSA) is 30.8 Å². The minimum absolute atomic E-state index is 0.178. The highest BCUT2D eigenvalue weighted by Crippen LogP contribution is 2.22. The van der Waals surface area contributed by atoms with E-state index in [4.69, 9.17) is 4.74 Å². The Kier molecular flexibility index (Phi) is 3.03. The lowest BCUT2D eigenvalue weighted by Crippen LogP contribution is -2.05. The molecule has 1 aromatic rings. The molecule has 0 N–H and O–H groups in total. The van der Waals surface area contributed by atoms with Crippen molar-refractivity contribution in [3.63, 3.8) is 0 Å². The van der Waals surface area contributed by atoms with Gasteiger partial charge in [-0.1, -0.05) is 0 Å². The van der Waals surface area contributed by atoms with Gasteiger partial charge in [0.2, 0.25) is 5.90 Å². The number of nitrogens with zero attached hydrogens (tertiary/aromatic N) is 1. The van der Waals surface area contributed by atoms with Gasteiger partial charge in [-0.3, -0.25) is 0 Å². The molecule has 1 aliphatic heterocycles. The summed E-state index contributed by atoms with van der Waals surface area (Å²) in [4.78, 5) is 4.14. The molecule has 0 saturated heterocycles. The normalized spacial score (nSPS) is 14.9. The summed E-state index contributed by atoms with van der Waals surface area (Å²) in [5, 5.41) is 0. The van der Waals surface area contributed by atoms with Gasteiger partial charge in [-0.2, -0.15) is 8.78 Å². The van der Waals surface area contributed by atoms with Crippen LogP contribution >= 0.6 is 0 Å². The second-order valence-corrected chi connectivity index (χ2v) is 3.39. The summed E-state index contributed by atoms with van der Waals surface area (Å²) < 4.78 is 33.7. The Morgan fingerprint density at radius 1 is 1.44 bits per heavy atom. The zero-order valence-electron chi connectivity index (χ0n) is 8.74. The summed E-state index contributed by atoms with van der Waals surface area (Å²) in [5.41, 5.74) is 1.42. The number of aryl methyl sites for hydroxylation is 1. The van der Waals surface area contributed by atoms with Crippen LogP contribution in [-0.4, -0.2) is 25.7 Å². The van der Waals surface area contributed by atoms with Gasteiger partial charge < -0.3 is 9.47 Å². The number of benzene rings is 1. The highest BCUT2D eigenvalue weighted by atomic mass is 19.3. The van der Waals surface area contributed by atoms with Crippen LogP contribution in [-0.2, 0) is 4.74 Å². The van der Waals surface area contributed by atoms with Crippen molar-refractivity contribution in [2.75, 3.05) is 13.2 Å². The number of alkyl halides is 2. The zero-order chi connectivity index (χ0) is 11.5. The minimum Gasteiger partial charge on any atom is -0.476 e. The van der Waals surface area contributed by atoms with Crippen molar-refractivity contribution in [2.45, 2.75) is 13.5 Å². The first-order valence-corrected chi connectivity index (χ1v) is 4.90. The van der Waals surface area contributed by atoms with Crippen LogP contribution in [0.2, 0.25) is 0 Å². The molecule has 0 aliphatic carbocycles. The molecule has 0 spiro atoms. The quantitative estimate of drug-likeness (QED) is 0.793. The van der Waals surface area contributed by atoms with Gasteiger partial charge in [0, 0.05) is 5.56 Å². The Labute approximate surface area is 91.7 Å². The van der Waals surface area contributed by atoms with Gasteiger partial charge in [0.1, 0.15) is 12.4 Å². The molecule has 3 nitrogen and oxygen atoms in total. The van der Waals surface area contributed by atoms with Crippen molar-refractivity contribution >= 4 is 5.90 Å². The van der Waals surface area contributed by atoms with Crippen molar-refractivity contribution in [1.29, 1.82) is 0 Å². The molecular weight excluding hydrogens is 216 g/mol. The van der Waals surface area contributed by atoms with Crippen LogP contribution < -0.4 is 4.74 Å². The molecule has 0 saturated carbocycles. The van der Waals surface area contributed by atoms with Crippen molar-refractivity contribution < 1.29 is 18.3 Å². The SMILES string of the molecule is Cc1cc(C2=NCCO2)ccc1OC(F)F. The predicted octanol–water partition coefficient (Wildman–Crippen LogP) is 2.37. The summed E-state index contributed by atoms with van der Waals surface area (Å²) in [6.07, 6.45) is 0. The van der Waals surface area contributed by atoms with Crippen LogP contribution in [0.5, 0.6) is 5.75 Å². The van der Waals surface area contributed by atoms with E-state index in [0.717, 1.165) is 5.56 Å². The van der Waals surface area contributed by atoms with E-state index in [9.17, 15) is 8.78 Å². The van der Waals surface area contributed by atoms with Gasteiger partial charge in [0.05, 0.1) is 6.54 Å². The smallest absolute Gasteiger partial charge is 0.387 e. The molecule has 2 rings (SSSR count). The lowest BCUT2D eigenvalue weighted by atomic mass is 10.1. The summed E-state index contributed by atoms with van der Waals surface area (Å²) in [7, 11) is 0. The second kappa shape index (κ2) is 4.47. The first-order valence-electron chi connectivity index (χ1n) is 4.90. The molecule has 0 atom stereocenters. The fourth-order valence-electron chi connectivity index (χ4n) is 1.52. The molecule has 1 aliphatic rings. The van der Waals surface area contributed by atoms with E-state index < -0.39 is 6.61 Å². The van der Waals surface area contributed by atoms with Crippen molar-refractivity contribution in [1.82, 2.24) is 0 Å². The lowest BCUT2D eigenvalue weighted by molar-refractivity contribution is -0.0502. The Balaban J connectivity index is 2.22. The van der Waals surface area contributed by atoms with E-state index in [2.05, 4.69) is 9.73 Å². The number of hydrogen-bond donors (Lipinski definition) is 0. The molecular formula is C11H11F2NO2. The number of halogens is 2. The molecule has 0 unspecified atom stereocenters. The molecule has 86 valence electrons. The first kappa shape index (κ1) is 10.9. The predicted molar refractivity (Wildman–Crippen MR) is 55.2 cm³/mol. The third-order valence-electron chi connectivity index (χ3n) is 2.22. The second-order valence-electron chi connectivity index (χ2n) is 3.39. The third kappa shape index (κ3) is 2.29. The monoisotopic (exact) mass is 227 g/mol. The van der Waals surface area contributed by atoms with E-state index in [1.54, 1.807) is 19.1 Å². The van der Waals surface area contributed by atoms with Gasteiger partial charge in [-0.25, -0.2) is 4.99 Å². The highest BCUT2D eigenvalue weighted by Gasteiger charge is 2.13. The Morgan fingerprint density at radius 3 is 2.81 bits per heavy atom. The van der Waals surface area contributed by atoms with Crippen LogP contribution in [0.3, 0.4) is 0 Å². The van der Waals surface area contributed by atoms with Crippen LogP contribution in [0.1, 0.15) is 11.1 Å². The molecule has 0 aromatic heterocycles. The molecule has 0 radical (unpaired) electrons. The molecule has 16 heavy (non-hydrogen) atoms. The van der Waals surface area contributed by atoms with Crippen molar-refractivity contribution in [3.8, 4) is 5.75 Å². The standard InChI is InChI=1S/C11H11F2NO2/c1-7-6-8(10-14-4-5-15-10)2-3-9(7)16-11(12)13/h2-3,6,11H,4-5H2,1H3. The maximum atomic E-state index is 12.0. The zero-order valence-corrected chi connectivity index (χ0v) is 8.74. The number of rotatable bonds is 3. The Hall–Kier alpha value is -1.65. The lowest BCUT2D eigenvalue weighted by Gasteiger charge is -2.09. The van der Waals surface area contributed by atoms with E-state index in [0.29, 0.717) is 24.6 Å². The largest absolute Gasteiger partial charge is 0.476 e. The fraction of sp³-hybridized carbons (Fsp3) is 0.364. The number of ether oxygens (including phenoxy) is 2. The number of aliphatic imine (C=N–C) groups is 1. The summed E-state index contributed by atoms with van der Waals surface area (Å²) in [6.45, 7) is 0.119. The third-order valence-corrected chi connectivity index (χ3v) is 2.22. The maximum Gasteiger partial charge on any atom is 0.387 e. The van der Waals surface area contributed by atoms with Gasteiger partial charge in [-0.15, -0.1) is 0 Å². The van der Waals surface area contributed by atoms with E-state index in [-0.39, 0.29) is 5.75 Å². The van der Waals surface area contributed by atoms with Crippen LogP contribution in [0.25, 0.3) is 0 Å². The van der Waals surface area contributed by atoms with Gasteiger partial charge in [0.15, 0.2) is 0 Å². The Morgan fingerprint density at radius 2 is 2.25 bits per heavy atom. The number of hydrogen-bond acceptors (Lipinski definition) is 3. The van der Waals surface area contributed by atoms with E-state index in [1.165, 1.54) is 6.07 Å².